The third-order valence-corrected chi connectivity index (χ3v) is 14.3. The van der Waals surface area contributed by atoms with Gasteiger partial charge in [0.25, 0.3) is 0 Å². The number of cyclic esters (lactones) is 1. The summed E-state index contributed by atoms with van der Waals surface area (Å²) in [6.07, 6.45) is -8.51. The number of aryl methyl sites for hydroxylation is 1. The minimum absolute atomic E-state index is 0.102. The summed E-state index contributed by atoms with van der Waals surface area (Å²) in [5.74, 6) is -2.87. The third kappa shape index (κ3) is 13.8. The molecule has 0 spiro atoms. The van der Waals surface area contributed by atoms with Crippen molar-refractivity contribution >= 4 is 17.7 Å². The van der Waals surface area contributed by atoms with Gasteiger partial charge in [-0.05, 0) is 113 Å². The molecule has 1 aromatic carbocycles. The van der Waals surface area contributed by atoms with Crippen LogP contribution in [0.15, 0.2) is 24.3 Å². The van der Waals surface area contributed by atoms with Crippen LogP contribution in [0.2, 0.25) is 0 Å². The Bertz CT molecular complexity index is 1650. The SMILES string of the molecule is CC[C@H]1OC(=O)[C@H](C)[C@@H](O[C@H]2C[C@@](C)(OC)[C@@H](O)[C@H](C)O2)[C@H](C)[C@@H](O[C@@H]2O[C@H](C)C[C@H](N(C)C)[C@H]2O)[C@](C)(O)C[C@@H](C)CN(CCCNC(=O)Nc2ccc(C)cc2)[C@H](C)[C@@H](O)[C@]1(C)O. The number of benzene rings is 1. The van der Waals surface area contributed by atoms with Gasteiger partial charge in [-0.3, -0.25) is 9.69 Å². The molecule has 0 unspecified atom stereocenters. The van der Waals surface area contributed by atoms with Gasteiger partial charge in [0.1, 0.15) is 30.0 Å². The van der Waals surface area contributed by atoms with Crippen LogP contribution in [0.3, 0.4) is 0 Å². The summed E-state index contributed by atoms with van der Waals surface area (Å²) in [6, 6.07) is 6.13. The average Bonchev–Trinajstić information content (AvgIpc) is 3.23. The van der Waals surface area contributed by atoms with Gasteiger partial charge in [0.2, 0.25) is 0 Å². The number of nitrogens with zero attached hydrogens (tertiary/aromatic N) is 2. The van der Waals surface area contributed by atoms with Gasteiger partial charge in [-0.15, -0.1) is 0 Å². The molecule has 17 nitrogen and oxygen atoms in total. The van der Waals surface area contributed by atoms with Crippen LogP contribution in [0.5, 0.6) is 0 Å². The van der Waals surface area contributed by atoms with Crippen LogP contribution in [0.1, 0.15) is 107 Å². The number of hydrogen-bond acceptors (Lipinski definition) is 15. The number of carbonyl (C=O) groups is 2. The molecule has 374 valence electrons. The highest BCUT2D eigenvalue weighted by Gasteiger charge is 2.53. The average molecular weight is 925 g/mol. The molecule has 3 saturated heterocycles. The Kier molecular flexibility index (Phi) is 19.6. The van der Waals surface area contributed by atoms with Crippen LogP contribution in [-0.4, -0.2) is 178 Å². The second kappa shape index (κ2) is 23.2. The van der Waals surface area contributed by atoms with Gasteiger partial charge in [-0.1, -0.05) is 38.5 Å². The van der Waals surface area contributed by atoms with E-state index < -0.39 is 96.0 Å². The molecule has 3 heterocycles. The first-order valence-corrected chi connectivity index (χ1v) is 23.6. The van der Waals surface area contributed by atoms with Crippen LogP contribution >= 0.6 is 0 Å². The summed E-state index contributed by atoms with van der Waals surface area (Å²) in [5.41, 5.74) is -2.89. The number of anilines is 1. The lowest BCUT2D eigenvalue weighted by Crippen LogP contribution is -2.60. The Labute approximate surface area is 387 Å². The van der Waals surface area contributed by atoms with Crippen LogP contribution in [0, 0.1) is 24.7 Å². The van der Waals surface area contributed by atoms with Crippen molar-refractivity contribution in [2.45, 2.75) is 199 Å². The molecule has 18 atom stereocenters. The Hall–Kier alpha value is -2.52. The van der Waals surface area contributed by atoms with Gasteiger partial charge in [-0.25, -0.2) is 4.79 Å². The minimum atomic E-state index is -1.91. The summed E-state index contributed by atoms with van der Waals surface area (Å²) in [4.78, 5) is 31.2. The summed E-state index contributed by atoms with van der Waals surface area (Å²) >= 11 is 0. The number of amides is 2. The van der Waals surface area contributed by atoms with Crippen LogP contribution in [0.25, 0.3) is 0 Å². The molecule has 1 aromatic rings. The van der Waals surface area contributed by atoms with E-state index in [1.54, 1.807) is 41.5 Å². The number of aliphatic hydroxyl groups is 5. The third-order valence-electron chi connectivity index (χ3n) is 14.3. The molecular weight excluding hydrogens is 841 g/mol. The van der Waals surface area contributed by atoms with Crippen molar-refractivity contribution in [2.75, 3.05) is 46.2 Å². The van der Waals surface area contributed by atoms with Crippen LogP contribution in [-0.2, 0) is 33.2 Å². The zero-order valence-corrected chi connectivity index (χ0v) is 41.5. The number of nitrogens with one attached hydrogen (secondary N) is 2. The first kappa shape index (κ1) is 55.1. The maximum atomic E-state index is 14.5. The highest BCUT2D eigenvalue weighted by molar-refractivity contribution is 5.89. The number of ether oxygens (including phenoxy) is 6. The van der Waals surface area contributed by atoms with Crippen molar-refractivity contribution in [3.63, 3.8) is 0 Å². The van der Waals surface area contributed by atoms with E-state index >= 15 is 0 Å². The van der Waals surface area contributed by atoms with Crippen molar-refractivity contribution in [1.82, 2.24) is 15.1 Å². The second-order valence-electron chi connectivity index (χ2n) is 20.3. The first-order chi connectivity index (χ1) is 30.3. The predicted molar refractivity (Wildman–Crippen MR) is 246 cm³/mol. The maximum absolute atomic E-state index is 14.5. The lowest BCUT2D eigenvalue weighted by Gasteiger charge is -2.48. The molecule has 3 aliphatic rings. The molecule has 3 fully saturated rings. The topological polar surface area (TPSA) is 221 Å². The summed E-state index contributed by atoms with van der Waals surface area (Å²) < 4.78 is 38.0. The Morgan fingerprint density at radius 2 is 1.60 bits per heavy atom. The van der Waals surface area contributed by atoms with Gasteiger partial charge in [-0.2, -0.15) is 0 Å². The lowest BCUT2D eigenvalue weighted by molar-refractivity contribution is -0.318. The van der Waals surface area contributed by atoms with E-state index in [0.717, 1.165) is 5.56 Å². The molecule has 2 amide bonds. The van der Waals surface area contributed by atoms with Crippen LogP contribution in [0.4, 0.5) is 10.5 Å². The van der Waals surface area contributed by atoms with E-state index in [1.807, 2.05) is 75.9 Å². The largest absolute Gasteiger partial charge is 0.459 e. The number of urea groups is 1. The van der Waals surface area contributed by atoms with Gasteiger partial charge in [0.15, 0.2) is 12.6 Å². The standard InChI is InChI=1S/C48H84N4O13/c1-15-36-48(11,59)40(54)32(7)52(22-16-21-49-45(57)50-34-19-17-27(2)18-20-34)26-28(3)24-46(9,58)42(65-44-38(53)35(51(12)13)23-29(4)61-44)30(5)39(31(6)43(56)63-36)64-37-25-47(10,60-14)41(55)33(8)62-37/h17-20,28-33,35-42,44,53-55,58-59H,15-16,21-26H2,1-14H3,(H2,49,50,57)/t28-,29-,30+,31-,32-,33+,35+,36-,37+,38-,39+,40-,41+,42-,44+,46-,47-,48-/m1/s1. The Morgan fingerprint density at radius 3 is 2.20 bits per heavy atom. The van der Waals surface area contributed by atoms with Gasteiger partial charge < -0.3 is 69.5 Å². The highest BCUT2D eigenvalue weighted by atomic mass is 16.7. The summed E-state index contributed by atoms with van der Waals surface area (Å²) in [6.45, 7) is 20.5. The quantitative estimate of drug-likeness (QED) is 0.117. The van der Waals surface area contributed by atoms with E-state index in [2.05, 4.69) is 10.6 Å². The van der Waals surface area contributed by atoms with E-state index in [0.29, 0.717) is 38.2 Å². The molecule has 0 radical (unpaired) electrons. The van der Waals surface area contributed by atoms with Gasteiger partial charge in [0.05, 0.1) is 41.5 Å². The van der Waals surface area contributed by atoms with Gasteiger partial charge in [0, 0.05) is 56.9 Å². The highest BCUT2D eigenvalue weighted by Crippen LogP contribution is 2.40. The number of aliphatic hydroxyl groups excluding tert-OH is 3. The number of esters is 1. The van der Waals surface area contributed by atoms with Crippen molar-refractivity contribution < 1.29 is 63.5 Å². The fraction of sp³-hybridized carbons (Fsp3) is 0.833. The lowest BCUT2D eigenvalue weighted by atomic mass is 9.77. The molecule has 0 aliphatic carbocycles. The fourth-order valence-corrected chi connectivity index (χ4v) is 10.2. The van der Waals surface area contributed by atoms with Crippen molar-refractivity contribution in [2.24, 2.45) is 17.8 Å². The molecule has 65 heavy (non-hydrogen) atoms. The fourth-order valence-electron chi connectivity index (χ4n) is 10.2. The molecule has 4 rings (SSSR count). The van der Waals surface area contributed by atoms with E-state index in [9.17, 15) is 35.1 Å². The number of hydrogen-bond donors (Lipinski definition) is 7. The molecule has 0 bridgehead atoms. The first-order valence-electron chi connectivity index (χ1n) is 23.6. The zero-order valence-electron chi connectivity index (χ0n) is 41.5. The van der Waals surface area contributed by atoms with Crippen molar-refractivity contribution in [3.8, 4) is 0 Å². The number of methoxy groups -OCH3 is 1. The van der Waals surface area contributed by atoms with Gasteiger partial charge >= 0.3 is 12.0 Å². The molecular formula is C48H84N4O13. The second-order valence-corrected chi connectivity index (χ2v) is 20.3. The zero-order chi connectivity index (χ0) is 48.8. The monoisotopic (exact) mass is 925 g/mol. The van der Waals surface area contributed by atoms with E-state index in [-0.39, 0.29) is 43.4 Å². The van der Waals surface area contributed by atoms with Crippen molar-refractivity contribution in [3.05, 3.63) is 29.8 Å². The molecule has 0 saturated carbocycles. The van der Waals surface area contributed by atoms with Crippen molar-refractivity contribution in [1.29, 1.82) is 0 Å². The smallest absolute Gasteiger partial charge is 0.319 e. The molecule has 0 aromatic heterocycles. The van der Waals surface area contributed by atoms with E-state index in [1.165, 1.54) is 14.0 Å². The Balaban J connectivity index is 1.74. The molecule has 3 aliphatic heterocycles. The molecule has 17 heteroatoms. The Morgan fingerprint density at radius 1 is 0.954 bits per heavy atom. The number of likely N-dealkylation sites (N-methyl/N-ethyl adjacent to an activating group) is 1. The summed E-state index contributed by atoms with van der Waals surface area (Å²) in [5, 5.41) is 65.5. The minimum Gasteiger partial charge on any atom is -0.459 e. The predicted octanol–water partition coefficient (Wildman–Crippen LogP) is 3.79. The molecule has 7 N–H and O–H groups in total. The summed E-state index contributed by atoms with van der Waals surface area (Å²) in [7, 11) is 5.25. The van der Waals surface area contributed by atoms with Crippen LogP contribution < -0.4 is 10.6 Å². The maximum Gasteiger partial charge on any atom is 0.319 e. The number of rotatable bonds is 12. The normalized spacial score (nSPS) is 41.8. The number of carbonyl (C=O) groups excluding carboxylic acids is 2. The van der Waals surface area contributed by atoms with E-state index in [4.69, 9.17) is 28.4 Å².